The Labute approximate surface area is 171 Å². The lowest BCUT2D eigenvalue weighted by molar-refractivity contribution is -0.130. The zero-order valence-corrected chi connectivity index (χ0v) is 17.2. The number of benzene rings is 1. The molecule has 1 amide bonds. The predicted molar refractivity (Wildman–Crippen MR) is 110 cm³/mol. The molecule has 4 rings (SSSR count). The summed E-state index contributed by atoms with van der Waals surface area (Å²) in [6.45, 7) is 6.62. The van der Waals surface area contributed by atoms with Crippen molar-refractivity contribution < 1.29 is 19.0 Å². The monoisotopic (exact) mass is 397 g/mol. The molecule has 1 atom stereocenters. The summed E-state index contributed by atoms with van der Waals surface area (Å²) in [7, 11) is 1.63. The number of carbonyl (C=O) groups excluding carboxylic acids is 1. The number of anilines is 2. The molecule has 0 aliphatic carbocycles. The van der Waals surface area contributed by atoms with Crippen molar-refractivity contribution in [3.05, 3.63) is 36.0 Å². The Kier molecular flexibility index (Phi) is 5.47. The number of fused-ring (bicyclic) bond motifs is 1. The van der Waals surface area contributed by atoms with Crippen LogP contribution in [0.3, 0.4) is 0 Å². The average Bonchev–Trinajstić information content (AvgIpc) is 3.21. The third-order valence-corrected chi connectivity index (χ3v) is 5.42. The SMILES string of the molecule is CCC(=O)N1CCC(Oc2ccc3c(c2)N(c2cnc(OC)c(C)c2)CCO3)C1. The van der Waals surface area contributed by atoms with E-state index >= 15 is 0 Å². The van der Waals surface area contributed by atoms with Crippen molar-refractivity contribution in [2.24, 2.45) is 0 Å². The molecule has 7 nitrogen and oxygen atoms in total. The summed E-state index contributed by atoms with van der Waals surface area (Å²) in [4.78, 5) is 20.4. The topological polar surface area (TPSA) is 64.1 Å². The number of rotatable bonds is 5. The van der Waals surface area contributed by atoms with Gasteiger partial charge in [-0.05, 0) is 25.1 Å². The number of nitrogens with zero attached hydrogens (tertiary/aromatic N) is 3. The molecule has 2 aliphatic rings. The molecule has 7 heteroatoms. The zero-order chi connectivity index (χ0) is 20.4. The van der Waals surface area contributed by atoms with Gasteiger partial charge in [0.15, 0.2) is 0 Å². The molecule has 2 aliphatic heterocycles. The van der Waals surface area contributed by atoms with E-state index in [4.69, 9.17) is 14.2 Å². The molecule has 2 aromatic rings. The van der Waals surface area contributed by atoms with Crippen LogP contribution in [0.2, 0.25) is 0 Å². The molecule has 1 aromatic heterocycles. The third kappa shape index (κ3) is 3.95. The van der Waals surface area contributed by atoms with Gasteiger partial charge in [0.05, 0.1) is 37.8 Å². The number of hydrogen-bond acceptors (Lipinski definition) is 6. The summed E-state index contributed by atoms with van der Waals surface area (Å²) < 4.78 is 17.3. The largest absolute Gasteiger partial charge is 0.490 e. The molecule has 0 spiro atoms. The van der Waals surface area contributed by atoms with Gasteiger partial charge in [-0.2, -0.15) is 0 Å². The van der Waals surface area contributed by atoms with Crippen molar-refractivity contribution in [3.63, 3.8) is 0 Å². The van der Waals surface area contributed by atoms with Gasteiger partial charge in [0.1, 0.15) is 24.2 Å². The van der Waals surface area contributed by atoms with E-state index in [0.29, 0.717) is 25.5 Å². The highest BCUT2D eigenvalue weighted by molar-refractivity contribution is 5.76. The Hall–Kier alpha value is -2.96. The van der Waals surface area contributed by atoms with Crippen LogP contribution < -0.4 is 19.1 Å². The first-order valence-corrected chi connectivity index (χ1v) is 10.1. The van der Waals surface area contributed by atoms with Gasteiger partial charge in [-0.1, -0.05) is 6.92 Å². The van der Waals surface area contributed by atoms with E-state index in [-0.39, 0.29) is 12.0 Å². The van der Waals surface area contributed by atoms with Crippen LogP contribution >= 0.6 is 0 Å². The first-order valence-electron chi connectivity index (χ1n) is 10.1. The molecule has 1 aromatic carbocycles. The maximum absolute atomic E-state index is 11.9. The molecule has 3 heterocycles. The summed E-state index contributed by atoms with van der Waals surface area (Å²) in [5.74, 6) is 2.43. The maximum Gasteiger partial charge on any atom is 0.222 e. The highest BCUT2D eigenvalue weighted by Gasteiger charge is 2.27. The van der Waals surface area contributed by atoms with Crippen molar-refractivity contribution in [2.45, 2.75) is 32.8 Å². The molecule has 0 N–H and O–H groups in total. The Balaban J connectivity index is 1.54. The van der Waals surface area contributed by atoms with E-state index in [2.05, 4.69) is 16.0 Å². The molecule has 1 fully saturated rings. The number of amides is 1. The smallest absolute Gasteiger partial charge is 0.222 e. The Morgan fingerprint density at radius 2 is 2.17 bits per heavy atom. The normalized spacial score (nSPS) is 18.2. The van der Waals surface area contributed by atoms with Gasteiger partial charge >= 0.3 is 0 Å². The fourth-order valence-corrected chi connectivity index (χ4v) is 3.91. The number of likely N-dealkylation sites (tertiary alicyclic amines) is 1. The van der Waals surface area contributed by atoms with E-state index < -0.39 is 0 Å². The van der Waals surface area contributed by atoms with Crippen molar-refractivity contribution in [3.8, 4) is 17.4 Å². The van der Waals surface area contributed by atoms with Crippen LogP contribution in [0, 0.1) is 6.92 Å². The van der Waals surface area contributed by atoms with E-state index in [1.165, 1.54) is 0 Å². The van der Waals surface area contributed by atoms with Crippen molar-refractivity contribution in [1.82, 2.24) is 9.88 Å². The van der Waals surface area contributed by atoms with Crippen LogP contribution in [-0.2, 0) is 4.79 Å². The van der Waals surface area contributed by atoms with Gasteiger partial charge in [-0.3, -0.25) is 4.79 Å². The highest BCUT2D eigenvalue weighted by atomic mass is 16.5. The first kappa shape index (κ1) is 19.4. The molecule has 0 saturated carbocycles. The van der Waals surface area contributed by atoms with Gasteiger partial charge in [0.2, 0.25) is 11.8 Å². The van der Waals surface area contributed by atoms with Gasteiger partial charge in [-0.15, -0.1) is 0 Å². The van der Waals surface area contributed by atoms with Gasteiger partial charge in [-0.25, -0.2) is 4.98 Å². The minimum absolute atomic E-state index is 0.0198. The molecular formula is C22H27N3O4. The molecule has 154 valence electrons. The summed E-state index contributed by atoms with van der Waals surface area (Å²) in [6.07, 6.45) is 3.23. The first-order chi connectivity index (χ1) is 14.1. The number of hydrogen-bond donors (Lipinski definition) is 0. The lowest BCUT2D eigenvalue weighted by Crippen LogP contribution is -2.30. The molecule has 1 unspecified atom stereocenters. The van der Waals surface area contributed by atoms with E-state index in [0.717, 1.165) is 47.9 Å². The average molecular weight is 397 g/mol. The predicted octanol–water partition coefficient (Wildman–Crippen LogP) is 3.32. The minimum Gasteiger partial charge on any atom is -0.490 e. The summed E-state index contributed by atoms with van der Waals surface area (Å²) >= 11 is 0. The van der Waals surface area contributed by atoms with E-state index in [1.807, 2.05) is 43.1 Å². The second-order valence-electron chi connectivity index (χ2n) is 7.37. The van der Waals surface area contributed by atoms with Crippen molar-refractivity contribution in [2.75, 3.05) is 38.3 Å². The number of aryl methyl sites for hydroxylation is 1. The number of ether oxygens (including phenoxy) is 3. The molecule has 0 bridgehead atoms. The number of methoxy groups -OCH3 is 1. The second kappa shape index (κ2) is 8.19. The zero-order valence-electron chi connectivity index (χ0n) is 17.2. The van der Waals surface area contributed by atoms with Crippen LogP contribution in [0.1, 0.15) is 25.3 Å². The summed E-state index contributed by atoms with van der Waals surface area (Å²) in [5, 5.41) is 0. The Bertz CT molecular complexity index is 902. The standard InChI is InChI=1S/C22H27N3O4/c1-4-21(26)24-8-7-18(14-24)29-17-5-6-20-19(12-17)25(9-10-28-20)16-11-15(2)22(27-3)23-13-16/h5-6,11-13,18H,4,7-10,14H2,1-3H3. The maximum atomic E-state index is 11.9. The third-order valence-electron chi connectivity index (χ3n) is 5.42. The number of carbonyl (C=O) groups is 1. The lowest BCUT2D eigenvalue weighted by Gasteiger charge is -2.32. The minimum atomic E-state index is 0.0198. The molecule has 1 saturated heterocycles. The number of pyridine rings is 1. The van der Waals surface area contributed by atoms with Gasteiger partial charge < -0.3 is 24.0 Å². The second-order valence-corrected chi connectivity index (χ2v) is 7.37. The molecule has 29 heavy (non-hydrogen) atoms. The fourth-order valence-electron chi connectivity index (χ4n) is 3.91. The Morgan fingerprint density at radius 3 is 2.93 bits per heavy atom. The molecular weight excluding hydrogens is 370 g/mol. The lowest BCUT2D eigenvalue weighted by atomic mass is 10.2. The van der Waals surface area contributed by atoms with Crippen molar-refractivity contribution in [1.29, 1.82) is 0 Å². The summed E-state index contributed by atoms with van der Waals surface area (Å²) in [5.41, 5.74) is 2.93. The van der Waals surface area contributed by atoms with Gasteiger partial charge in [0.25, 0.3) is 0 Å². The van der Waals surface area contributed by atoms with Crippen LogP contribution in [0.25, 0.3) is 0 Å². The fraction of sp³-hybridized carbons (Fsp3) is 0.455. The summed E-state index contributed by atoms with van der Waals surface area (Å²) in [6, 6.07) is 7.97. The van der Waals surface area contributed by atoms with E-state index in [9.17, 15) is 4.79 Å². The quantitative estimate of drug-likeness (QED) is 0.771. The van der Waals surface area contributed by atoms with Crippen LogP contribution in [0.15, 0.2) is 30.5 Å². The van der Waals surface area contributed by atoms with Crippen molar-refractivity contribution >= 4 is 17.3 Å². The highest BCUT2D eigenvalue weighted by Crippen LogP contribution is 2.40. The Morgan fingerprint density at radius 1 is 1.31 bits per heavy atom. The van der Waals surface area contributed by atoms with E-state index in [1.54, 1.807) is 7.11 Å². The van der Waals surface area contributed by atoms with Crippen LogP contribution in [-0.4, -0.2) is 55.2 Å². The van der Waals surface area contributed by atoms with Gasteiger partial charge in [0, 0.05) is 31.0 Å². The number of aromatic nitrogens is 1. The van der Waals surface area contributed by atoms with Crippen LogP contribution in [0.5, 0.6) is 17.4 Å². The molecule has 0 radical (unpaired) electrons. The van der Waals surface area contributed by atoms with Crippen LogP contribution in [0.4, 0.5) is 11.4 Å².